The number of H-pyrrole nitrogens is 1. The summed E-state index contributed by atoms with van der Waals surface area (Å²) in [4.78, 5) is 24.5. The van der Waals surface area contributed by atoms with Crippen molar-refractivity contribution in [1.82, 2.24) is 19.9 Å². The van der Waals surface area contributed by atoms with Gasteiger partial charge < -0.3 is 21.8 Å². The number of aromatic amines is 1. The molecule has 2 heterocycles. The van der Waals surface area contributed by atoms with Gasteiger partial charge in [0, 0.05) is 29.7 Å². The summed E-state index contributed by atoms with van der Waals surface area (Å²) in [7, 11) is 0. The second-order valence-corrected chi connectivity index (χ2v) is 11.8. The molecule has 2 aromatic carbocycles. The van der Waals surface area contributed by atoms with Crippen molar-refractivity contribution in [3.63, 3.8) is 0 Å². The molecule has 9 heteroatoms. The number of nitrogens with two attached hydrogens (primary N) is 2. The summed E-state index contributed by atoms with van der Waals surface area (Å²) >= 11 is 0. The zero-order chi connectivity index (χ0) is 30.4. The number of rotatable bonds is 13. The lowest BCUT2D eigenvalue weighted by Gasteiger charge is -2.15. The molecule has 0 aliphatic heterocycles. The Bertz CT molecular complexity index is 1580. The van der Waals surface area contributed by atoms with Gasteiger partial charge in [0.2, 0.25) is 0 Å². The minimum absolute atomic E-state index is 0.0530. The van der Waals surface area contributed by atoms with Gasteiger partial charge in [-0.25, -0.2) is 9.18 Å². The van der Waals surface area contributed by atoms with Crippen molar-refractivity contribution in [2.75, 3.05) is 13.1 Å². The summed E-state index contributed by atoms with van der Waals surface area (Å²) in [5.74, 6) is 0.559. The van der Waals surface area contributed by atoms with E-state index in [4.69, 9.17) is 11.5 Å². The van der Waals surface area contributed by atoms with Gasteiger partial charge in [0.1, 0.15) is 11.5 Å². The van der Waals surface area contributed by atoms with Gasteiger partial charge in [-0.2, -0.15) is 4.98 Å². The number of aliphatic imine (C=N–C) groups is 1. The molecule has 0 aliphatic carbocycles. The van der Waals surface area contributed by atoms with Crippen LogP contribution in [0.1, 0.15) is 82.5 Å². The Morgan fingerprint density at radius 3 is 2.48 bits per heavy atom. The molecule has 0 bridgehead atoms. The number of hydrogen-bond donors (Lipinski definition) is 4. The highest BCUT2D eigenvalue weighted by atomic mass is 19.1. The molecule has 8 nitrogen and oxygen atoms in total. The van der Waals surface area contributed by atoms with Gasteiger partial charge in [-0.1, -0.05) is 52.3 Å². The lowest BCUT2D eigenvalue weighted by atomic mass is 9.93. The number of nitrogens with one attached hydrogen (secondary N) is 2. The molecule has 42 heavy (non-hydrogen) atoms. The SMILES string of the molecule is CC(C)CCCc1cc(-c2cc3cn(-c4ccc([C@H](C)NCCCN=C(N)N)cc4)c(=O)nc3[nH]2)c(F)c(C(C)C)c1. The average molecular weight is 574 g/mol. The fourth-order valence-electron chi connectivity index (χ4n) is 5.16. The van der Waals surface area contributed by atoms with Gasteiger partial charge in [0.15, 0.2) is 5.96 Å². The molecule has 0 fully saturated rings. The van der Waals surface area contributed by atoms with Crippen LogP contribution < -0.4 is 22.5 Å². The first-order valence-electron chi connectivity index (χ1n) is 14.9. The highest BCUT2D eigenvalue weighted by molar-refractivity contribution is 5.83. The smallest absolute Gasteiger partial charge is 0.354 e. The molecule has 224 valence electrons. The van der Waals surface area contributed by atoms with Gasteiger partial charge in [0.25, 0.3) is 0 Å². The maximum atomic E-state index is 15.7. The molecule has 6 N–H and O–H groups in total. The van der Waals surface area contributed by atoms with E-state index in [1.807, 2.05) is 56.3 Å². The van der Waals surface area contributed by atoms with E-state index >= 15 is 4.39 Å². The Balaban J connectivity index is 1.57. The lowest BCUT2D eigenvalue weighted by molar-refractivity contribution is 0.554. The third kappa shape index (κ3) is 7.64. The first kappa shape index (κ1) is 31.0. The quantitative estimate of drug-likeness (QED) is 0.0895. The van der Waals surface area contributed by atoms with Crippen LogP contribution in [0.25, 0.3) is 28.0 Å². The third-order valence-electron chi connectivity index (χ3n) is 7.58. The minimum Gasteiger partial charge on any atom is -0.370 e. The zero-order valence-electron chi connectivity index (χ0n) is 25.4. The number of benzene rings is 2. The summed E-state index contributed by atoms with van der Waals surface area (Å²) in [6.45, 7) is 11.9. The van der Waals surface area contributed by atoms with Crippen LogP contribution in [0.4, 0.5) is 4.39 Å². The second-order valence-electron chi connectivity index (χ2n) is 11.8. The van der Waals surface area contributed by atoms with E-state index in [2.05, 4.69) is 41.0 Å². The van der Waals surface area contributed by atoms with E-state index in [0.29, 0.717) is 40.6 Å². The molecular formula is C33H44FN7O. The van der Waals surface area contributed by atoms with Crippen LogP contribution in [-0.4, -0.2) is 33.6 Å². The topological polar surface area (TPSA) is 127 Å². The summed E-state index contributed by atoms with van der Waals surface area (Å²) in [6, 6.07) is 13.7. The number of hydrogen-bond acceptors (Lipinski definition) is 4. The van der Waals surface area contributed by atoms with E-state index in [9.17, 15) is 4.79 Å². The van der Waals surface area contributed by atoms with Gasteiger partial charge in [-0.3, -0.25) is 9.56 Å². The maximum Gasteiger partial charge on any atom is 0.354 e. The zero-order valence-corrected chi connectivity index (χ0v) is 25.4. The Kier molecular flexibility index (Phi) is 10.2. The van der Waals surface area contributed by atoms with Crippen LogP contribution in [0.3, 0.4) is 0 Å². The maximum absolute atomic E-state index is 15.7. The number of fused-ring (bicyclic) bond motifs is 1. The molecule has 1 atom stereocenters. The van der Waals surface area contributed by atoms with Crippen molar-refractivity contribution < 1.29 is 4.39 Å². The molecule has 0 radical (unpaired) electrons. The molecular weight excluding hydrogens is 529 g/mol. The fraction of sp³-hybridized carbons (Fsp3) is 0.424. The Labute approximate surface area is 247 Å². The molecule has 0 saturated heterocycles. The predicted molar refractivity (Wildman–Crippen MR) is 171 cm³/mol. The van der Waals surface area contributed by atoms with Gasteiger partial charge in [0.05, 0.1) is 11.4 Å². The van der Waals surface area contributed by atoms with Crippen molar-refractivity contribution >= 4 is 17.0 Å². The largest absolute Gasteiger partial charge is 0.370 e. The molecule has 4 aromatic rings. The number of aryl methyl sites for hydroxylation is 1. The van der Waals surface area contributed by atoms with Crippen LogP contribution in [0.2, 0.25) is 0 Å². The highest BCUT2D eigenvalue weighted by Crippen LogP contribution is 2.32. The Morgan fingerprint density at radius 2 is 1.81 bits per heavy atom. The molecule has 0 unspecified atom stereocenters. The molecule has 4 rings (SSSR count). The van der Waals surface area contributed by atoms with Crippen molar-refractivity contribution in [2.24, 2.45) is 22.4 Å². The van der Waals surface area contributed by atoms with Gasteiger partial charge in [-0.05, 0) is 85.5 Å². The third-order valence-corrected chi connectivity index (χ3v) is 7.58. The molecule has 2 aromatic heterocycles. The number of aromatic nitrogens is 3. The number of guanidine groups is 1. The van der Waals surface area contributed by atoms with Crippen LogP contribution in [0.15, 0.2) is 58.4 Å². The summed E-state index contributed by atoms with van der Waals surface area (Å²) < 4.78 is 17.2. The van der Waals surface area contributed by atoms with Crippen molar-refractivity contribution in [3.8, 4) is 16.9 Å². The van der Waals surface area contributed by atoms with Crippen LogP contribution >= 0.6 is 0 Å². The Morgan fingerprint density at radius 1 is 1.07 bits per heavy atom. The van der Waals surface area contributed by atoms with E-state index in [1.165, 1.54) is 4.57 Å². The summed E-state index contributed by atoms with van der Waals surface area (Å²) in [5, 5.41) is 4.19. The van der Waals surface area contributed by atoms with Crippen LogP contribution in [0.5, 0.6) is 0 Å². The van der Waals surface area contributed by atoms with Gasteiger partial charge >= 0.3 is 5.69 Å². The monoisotopic (exact) mass is 573 g/mol. The highest BCUT2D eigenvalue weighted by Gasteiger charge is 2.18. The molecule has 0 saturated carbocycles. The first-order chi connectivity index (χ1) is 20.0. The van der Waals surface area contributed by atoms with E-state index in [-0.39, 0.29) is 23.7 Å². The normalized spacial score (nSPS) is 12.4. The average Bonchev–Trinajstić information content (AvgIpc) is 3.35. The van der Waals surface area contributed by atoms with Crippen molar-refractivity contribution in [1.29, 1.82) is 0 Å². The molecule has 0 spiro atoms. The molecule has 0 aliphatic rings. The van der Waals surface area contributed by atoms with E-state index < -0.39 is 5.69 Å². The van der Waals surface area contributed by atoms with Crippen molar-refractivity contribution in [2.45, 2.75) is 72.3 Å². The van der Waals surface area contributed by atoms with E-state index in [1.54, 1.807) is 6.20 Å². The standard InChI is InChI=1S/C33H44FN7O/c1-20(2)8-6-9-23-16-27(21(3)4)30(34)28(17-23)29-18-25-19-41(33(42)40-31(25)39-29)26-12-10-24(11-13-26)22(5)37-14-7-15-38-32(35)36/h10-13,16-22,37H,6-9,14-15H2,1-5H3,(H4,35,36,38)(H,39,40,42)/t22-/m0/s1. The predicted octanol–water partition coefficient (Wildman–Crippen LogP) is 5.94. The van der Waals surface area contributed by atoms with E-state index in [0.717, 1.165) is 48.7 Å². The number of nitrogens with zero attached hydrogens (tertiary/aromatic N) is 3. The van der Waals surface area contributed by atoms with Gasteiger partial charge in [-0.15, -0.1) is 0 Å². The lowest BCUT2D eigenvalue weighted by Crippen LogP contribution is -2.24. The summed E-state index contributed by atoms with van der Waals surface area (Å²) in [5.41, 5.74) is 15.5. The van der Waals surface area contributed by atoms with Crippen LogP contribution in [-0.2, 0) is 6.42 Å². The second kappa shape index (κ2) is 13.8. The Hall–Kier alpha value is -3.98. The molecule has 0 amide bonds. The summed E-state index contributed by atoms with van der Waals surface area (Å²) in [6.07, 6.45) is 5.67. The number of halogens is 1. The minimum atomic E-state index is -0.402. The first-order valence-corrected chi connectivity index (χ1v) is 14.9. The van der Waals surface area contributed by atoms with Crippen LogP contribution in [0, 0.1) is 11.7 Å². The fourth-order valence-corrected chi connectivity index (χ4v) is 5.16. The van der Waals surface area contributed by atoms with Crippen molar-refractivity contribution in [3.05, 3.63) is 81.7 Å².